The fraction of sp³-hybridized carbons (Fsp3) is 0.250. The smallest absolute Gasteiger partial charge is 0.338 e. The molecule has 0 aliphatic carbocycles. The van der Waals surface area contributed by atoms with Crippen molar-refractivity contribution < 1.29 is 19.1 Å². The van der Waals surface area contributed by atoms with Gasteiger partial charge in [-0.3, -0.25) is 4.79 Å². The maximum Gasteiger partial charge on any atom is 0.338 e. The van der Waals surface area contributed by atoms with E-state index in [0.29, 0.717) is 11.3 Å². The summed E-state index contributed by atoms with van der Waals surface area (Å²) in [6.45, 7) is 3.68. The molecule has 0 saturated carbocycles. The lowest BCUT2D eigenvalue weighted by Crippen LogP contribution is -2.19. The Morgan fingerprint density at radius 1 is 1.00 bits per heavy atom. The minimum Gasteiger partial charge on any atom is -0.454 e. The molecule has 0 radical (unpaired) electrons. The van der Waals surface area contributed by atoms with Gasteiger partial charge in [-0.2, -0.15) is 0 Å². The third kappa shape index (κ3) is 4.92. The van der Waals surface area contributed by atoms with Gasteiger partial charge in [0.25, 0.3) is 0 Å². The van der Waals surface area contributed by atoms with Crippen molar-refractivity contribution in [2.24, 2.45) is 5.73 Å². The Bertz CT molecular complexity index is 813. The van der Waals surface area contributed by atoms with Crippen molar-refractivity contribution in [3.8, 4) is 0 Å². The molecular formula is C20H22N2O4. The Hall–Kier alpha value is -3.15. The Kier molecular flexibility index (Phi) is 6.49. The van der Waals surface area contributed by atoms with Crippen molar-refractivity contribution in [3.05, 3.63) is 64.7 Å². The van der Waals surface area contributed by atoms with E-state index in [1.807, 2.05) is 32.0 Å². The molecule has 0 bridgehead atoms. The molecule has 2 aromatic carbocycles. The zero-order valence-electron chi connectivity index (χ0n) is 14.9. The van der Waals surface area contributed by atoms with Crippen LogP contribution in [0.5, 0.6) is 0 Å². The predicted octanol–water partition coefficient (Wildman–Crippen LogP) is 3.34. The normalized spacial score (nSPS) is 10.2. The van der Waals surface area contributed by atoms with E-state index in [1.165, 1.54) is 24.3 Å². The van der Waals surface area contributed by atoms with E-state index >= 15 is 0 Å². The van der Waals surface area contributed by atoms with Gasteiger partial charge in [0.2, 0.25) is 5.78 Å². The predicted molar refractivity (Wildman–Crippen MR) is 99.5 cm³/mol. The molecular weight excluding hydrogens is 332 g/mol. The SMILES string of the molecule is CCc1ccc(CC)c(C(=O)COC(=O)c2ccc(NC(N)=O)cc2)c1. The molecule has 6 heteroatoms. The first kappa shape index (κ1) is 19.2. The molecule has 0 spiro atoms. The summed E-state index contributed by atoms with van der Waals surface area (Å²) in [5.41, 5.74) is 8.37. The molecule has 0 aliphatic heterocycles. The van der Waals surface area contributed by atoms with Gasteiger partial charge in [0, 0.05) is 11.3 Å². The van der Waals surface area contributed by atoms with Crippen LogP contribution >= 0.6 is 0 Å². The molecule has 3 N–H and O–H groups in total. The molecule has 0 heterocycles. The number of hydrogen-bond acceptors (Lipinski definition) is 4. The Balaban J connectivity index is 2.02. The van der Waals surface area contributed by atoms with Crippen LogP contribution in [0.25, 0.3) is 0 Å². The van der Waals surface area contributed by atoms with Gasteiger partial charge in [0.15, 0.2) is 6.61 Å². The number of esters is 1. The first-order valence-corrected chi connectivity index (χ1v) is 8.43. The highest BCUT2D eigenvalue weighted by atomic mass is 16.5. The van der Waals surface area contributed by atoms with Crippen LogP contribution in [-0.4, -0.2) is 24.4 Å². The molecule has 2 amide bonds. The second-order valence-corrected chi connectivity index (χ2v) is 5.76. The number of carbonyl (C=O) groups is 3. The first-order valence-electron chi connectivity index (χ1n) is 8.43. The summed E-state index contributed by atoms with van der Waals surface area (Å²) in [6, 6.07) is 11.2. The topological polar surface area (TPSA) is 98.5 Å². The number of benzene rings is 2. The number of hydrogen-bond donors (Lipinski definition) is 2. The number of anilines is 1. The molecule has 2 rings (SSSR count). The number of carbonyl (C=O) groups excluding carboxylic acids is 3. The van der Waals surface area contributed by atoms with Gasteiger partial charge in [-0.15, -0.1) is 0 Å². The Morgan fingerprint density at radius 3 is 2.27 bits per heavy atom. The van der Waals surface area contributed by atoms with E-state index in [0.717, 1.165) is 24.0 Å². The number of rotatable bonds is 7. The average Bonchev–Trinajstić information content (AvgIpc) is 2.65. The molecule has 6 nitrogen and oxygen atoms in total. The lowest BCUT2D eigenvalue weighted by atomic mass is 9.98. The lowest BCUT2D eigenvalue weighted by Gasteiger charge is -2.10. The number of ketones is 1. The van der Waals surface area contributed by atoms with Crippen LogP contribution in [-0.2, 0) is 17.6 Å². The van der Waals surface area contributed by atoms with Crippen molar-refractivity contribution in [2.75, 3.05) is 11.9 Å². The van der Waals surface area contributed by atoms with Crippen LogP contribution in [0.4, 0.5) is 10.5 Å². The lowest BCUT2D eigenvalue weighted by molar-refractivity contribution is 0.0474. The average molecular weight is 354 g/mol. The molecule has 0 unspecified atom stereocenters. The molecule has 2 aromatic rings. The highest BCUT2D eigenvalue weighted by Gasteiger charge is 2.15. The van der Waals surface area contributed by atoms with Crippen molar-refractivity contribution in [1.29, 1.82) is 0 Å². The van der Waals surface area contributed by atoms with Crippen molar-refractivity contribution >= 4 is 23.5 Å². The summed E-state index contributed by atoms with van der Waals surface area (Å²) < 4.78 is 5.14. The monoisotopic (exact) mass is 354 g/mol. The highest BCUT2D eigenvalue weighted by Crippen LogP contribution is 2.15. The minimum atomic E-state index is -0.688. The number of primary amides is 1. The third-order valence-electron chi connectivity index (χ3n) is 3.99. The van der Waals surface area contributed by atoms with Crippen molar-refractivity contribution in [3.63, 3.8) is 0 Å². The fourth-order valence-electron chi connectivity index (χ4n) is 2.54. The van der Waals surface area contributed by atoms with Crippen LogP contribution in [0, 0.1) is 0 Å². The molecule has 0 aliphatic rings. The van der Waals surface area contributed by atoms with Gasteiger partial charge in [-0.1, -0.05) is 26.0 Å². The summed E-state index contributed by atoms with van der Waals surface area (Å²) >= 11 is 0. The maximum absolute atomic E-state index is 12.5. The summed E-state index contributed by atoms with van der Waals surface area (Å²) in [5, 5.41) is 2.40. The minimum absolute atomic E-state index is 0.225. The number of aryl methyl sites for hydroxylation is 2. The van der Waals surface area contributed by atoms with Gasteiger partial charge < -0.3 is 15.8 Å². The van der Waals surface area contributed by atoms with Crippen LogP contribution in [0.2, 0.25) is 0 Å². The van der Waals surface area contributed by atoms with E-state index in [4.69, 9.17) is 10.5 Å². The summed E-state index contributed by atoms with van der Waals surface area (Å²) in [5.74, 6) is -0.828. The number of Topliss-reactive ketones (excluding diaryl/α,β-unsaturated/α-hetero) is 1. The van der Waals surface area contributed by atoms with E-state index < -0.39 is 12.0 Å². The Morgan fingerprint density at radius 2 is 1.69 bits per heavy atom. The molecule has 26 heavy (non-hydrogen) atoms. The largest absolute Gasteiger partial charge is 0.454 e. The third-order valence-corrected chi connectivity index (χ3v) is 3.99. The Labute approximate surface area is 152 Å². The number of amides is 2. The van der Waals surface area contributed by atoms with E-state index in [2.05, 4.69) is 5.32 Å². The summed E-state index contributed by atoms with van der Waals surface area (Å²) in [6.07, 6.45) is 1.56. The van der Waals surface area contributed by atoms with E-state index in [-0.39, 0.29) is 18.0 Å². The second kappa shape index (κ2) is 8.80. The number of ether oxygens (including phenoxy) is 1. The van der Waals surface area contributed by atoms with Crippen molar-refractivity contribution in [2.45, 2.75) is 26.7 Å². The molecule has 0 aromatic heterocycles. The number of nitrogens with one attached hydrogen (secondary N) is 1. The second-order valence-electron chi connectivity index (χ2n) is 5.76. The fourth-order valence-corrected chi connectivity index (χ4v) is 2.54. The molecule has 0 atom stereocenters. The molecule has 0 fully saturated rings. The summed E-state index contributed by atoms with van der Waals surface area (Å²) in [7, 11) is 0. The van der Waals surface area contributed by atoms with Gasteiger partial charge in [-0.05, 0) is 54.3 Å². The van der Waals surface area contributed by atoms with Crippen LogP contribution in [0.1, 0.15) is 45.7 Å². The molecule has 136 valence electrons. The van der Waals surface area contributed by atoms with E-state index in [1.54, 1.807) is 0 Å². The number of urea groups is 1. The van der Waals surface area contributed by atoms with Gasteiger partial charge in [-0.25, -0.2) is 9.59 Å². The van der Waals surface area contributed by atoms with Gasteiger partial charge in [0.1, 0.15) is 0 Å². The quantitative estimate of drug-likeness (QED) is 0.588. The first-order chi connectivity index (χ1) is 12.4. The highest BCUT2D eigenvalue weighted by molar-refractivity contribution is 6.00. The maximum atomic E-state index is 12.5. The zero-order chi connectivity index (χ0) is 19.1. The zero-order valence-corrected chi connectivity index (χ0v) is 14.9. The van der Waals surface area contributed by atoms with Crippen molar-refractivity contribution in [1.82, 2.24) is 0 Å². The van der Waals surface area contributed by atoms with Gasteiger partial charge >= 0.3 is 12.0 Å². The van der Waals surface area contributed by atoms with Crippen LogP contribution in [0.3, 0.4) is 0 Å². The summed E-state index contributed by atoms with van der Waals surface area (Å²) in [4.78, 5) is 35.3. The van der Waals surface area contributed by atoms with Gasteiger partial charge in [0.05, 0.1) is 5.56 Å². The number of nitrogens with two attached hydrogens (primary N) is 1. The van der Waals surface area contributed by atoms with Crippen LogP contribution in [0.15, 0.2) is 42.5 Å². The van der Waals surface area contributed by atoms with Crippen LogP contribution < -0.4 is 11.1 Å². The standard InChI is InChI=1S/C20H22N2O4/c1-3-13-5-6-14(4-2)17(11-13)18(23)12-26-19(24)15-7-9-16(10-8-15)22-20(21)25/h5-11H,3-4,12H2,1-2H3,(H3,21,22,25). The van der Waals surface area contributed by atoms with E-state index in [9.17, 15) is 14.4 Å². The molecule has 0 saturated heterocycles.